The zero-order chi connectivity index (χ0) is 13.9. The Morgan fingerprint density at radius 3 is 2.42 bits per heavy atom. The molecule has 0 radical (unpaired) electrons. The van der Waals surface area contributed by atoms with Crippen LogP contribution in [0.3, 0.4) is 0 Å². The van der Waals surface area contributed by atoms with Crippen molar-refractivity contribution in [3.8, 4) is 17.0 Å². The van der Waals surface area contributed by atoms with E-state index in [1.54, 1.807) is 18.2 Å². The number of ether oxygens (including phenoxy) is 1. The Hall–Kier alpha value is -2.08. The molecule has 0 atom stereocenters. The summed E-state index contributed by atoms with van der Waals surface area (Å²) in [6.45, 7) is 0.327. The van der Waals surface area contributed by atoms with E-state index in [1.807, 2.05) is 0 Å². The molecule has 0 bridgehead atoms. The fraction of sp³-hybridized carbons (Fsp3) is 0.154. The molecule has 6 heteroatoms. The maximum atomic E-state index is 12.3. The molecule has 0 aliphatic carbocycles. The predicted molar refractivity (Wildman–Crippen MR) is 64.2 cm³/mol. The molecule has 0 saturated carbocycles. The van der Waals surface area contributed by atoms with Crippen LogP contribution in [0.15, 0.2) is 42.6 Å². The Balaban J connectivity index is 2.38. The first kappa shape index (κ1) is 13.4. The Kier molecular flexibility index (Phi) is 3.71. The monoisotopic (exact) mass is 268 g/mol. The molecule has 2 aromatic rings. The first-order valence-corrected chi connectivity index (χ1v) is 5.50. The second-order valence-corrected chi connectivity index (χ2v) is 3.80. The van der Waals surface area contributed by atoms with E-state index in [1.165, 1.54) is 24.4 Å². The lowest BCUT2D eigenvalue weighted by Gasteiger charge is -2.12. The minimum Gasteiger partial charge on any atom is -0.405 e. The van der Waals surface area contributed by atoms with Crippen LogP contribution in [0.1, 0.15) is 5.56 Å². The van der Waals surface area contributed by atoms with Crippen molar-refractivity contribution in [2.75, 3.05) is 0 Å². The first-order chi connectivity index (χ1) is 8.99. The smallest absolute Gasteiger partial charge is 0.405 e. The van der Waals surface area contributed by atoms with E-state index >= 15 is 0 Å². The summed E-state index contributed by atoms with van der Waals surface area (Å²) in [4.78, 5) is 4.08. The van der Waals surface area contributed by atoms with Crippen molar-refractivity contribution in [1.29, 1.82) is 0 Å². The summed E-state index contributed by atoms with van der Waals surface area (Å²) in [7, 11) is 0. The number of aromatic nitrogens is 1. The van der Waals surface area contributed by atoms with Crippen molar-refractivity contribution < 1.29 is 17.9 Å². The van der Waals surface area contributed by atoms with Crippen LogP contribution < -0.4 is 10.5 Å². The molecule has 0 amide bonds. The second kappa shape index (κ2) is 5.27. The molecule has 2 rings (SSSR count). The van der Waals surface area contributed by atoms with Crippen LogP contribution in [0.5, 0.6) is 5.75 Å². The second-order valence-electron chi connectivity index (χ2n) is 3.80. The first-order valence-electron chi connectivity index (χ1n) is 5.50. The number of hydrogen-bond donors (Lipinski definition) is 1. The number of halogens is 3. The van der Waals surface area contributed by atoms with Crippen LogP contribution in [-0.4, -0.2) is 11.3 Å². The van der Waals surface area contributed by atoms with Gasteiger partial charge in [0.25, 0.3) is 0 Å². The normalized spacial score (nSPS) is 11.4. The lowest BCUT2D eigenvalue weighted by atomic mass is 10.1. The zero-order valence-corrected chi connectivity index (χ0v) is 9.82. The molecule has 0 aliphatic heterocycles. The van der Waals surface area contributed by atoms with Gasteiger partial charge in [-0.05, 0) is 23.8 Å². The fourth-order valence-corrected chi connectivity index (χ4v) is 1.60. The molecular weight excluding hydrogens is 257 g/mol. The van der Waals surface area contributed by atoms with Gasteiger partial charge in [-0.1, -0.05) is 18.2 Å². The summed E-state index contributed by atoms with van der Waals surface area (Å²) < 4.78 is 40.9. The highest BCUT2D eigenvalue weighted by Gasteiger charge is 2.32. The Bertz CT molecular complexity index is 553. The third kappa shape index (κ3) is 3.45. The van der Waals surface area contributed by atoms with E-state index < -0.39 is 6.36 Å². The predicted octanol–water partition coefficient (Wildman–Crippen LogP) is 3.11. The summed E-state index contributed by atoms with van der Waals surface area (Å²) in [6.07, 6.45) is -3.20. The average Bonchev–Trinajstić information content (AvgIpc) is 2.38. The van der Waals surface area contributed by atoms with Gasteiger partial charge in [-0.25, -0.2) is 0 Å². The molecule has 19 heavy (non-hydrogen) atoms. The minimum absolute atomic E-state index is 0.275. The Labute approximate surface area is 107 Å². The highest BCUT2D eigenvalue weighted by Crippen LogP contribution is 2.32. The van der Waals surface area contributed by atoms with Gasteiger partial charge in [-0.15, -0.1) is 13.2 Å². The van der Waals surface area contributed by atoms with Gasteiger partial charge in [0.05, 0.1) is 5.69 Å². The van der Waals surface area contributed by atoms with E-state index in [9.17, 15) is 13.2 Å². The van der Waals surface area contributed by atoms with Crippen LogP contribution in [0.25, 0.3) is 11.3 Å². The van der Waals surface area contributed by atoms with Gasteiger partial charge in [0.2, 0.25) is 0 Å². The lowest BCUT2D eigenvalue weighted by molar-refractivity contribution is -0.274. The molecule has 1 aromatic heterocycles. The zero-order valence-electron chi connectivity index (χ0n) is 9.82. The van der Waals surface area contributed by atoms with E-state index in [4.69, 9.17) is 5.73 Å². The summed E-state index contributed by atoms with van der Waals surface area (Å²) in [6, 6.07) is 9.19. The van der Waals surface area contributed by atoms with E-state index in [2.05, 4.69) is 9.72 Å². The fourth-order valence-electron chi connectivity index (χ4n) is 1.60. The topological polar surface area (TPSA) is 48.1 Å². The maximum Gasteiger partial charge on any atom is 0.573 e. The van der Waals surface area contributed by atoms with Gasteiger partial charge in [0, 0.05) is 18.3 Å². The van der Waals surface area contributed by atoms with E-state index in [-0.39, 0.29) is 11.3 Å². The summed E-state index contributed by atoms with van der Waals surface area (Å²) in [5, 5.41) is 0. The molecule has 100 valence electrons. The Morgan fingerprint density at radius 1 is 1.11 bits per heavy atom. The standard InChI is InChI=1S/C13H11F3N2O/c14-13(15,16)19-12-4-2-1-3-10(12)11-6-5-9(7-17)8-18-11/h1-6,8H,7,17H2. The molecule has 1 heterocycles. The number of hydrogen-bond acceptors (Lipinski definition) is 3. The minimum atomic E-state index is -4.73. The molecular formula is C13H11F3N2O. The van der Waals surface area contributed by atoms with E-state index in [0.717, 1.165) is 5.56 Å². The van der Waals surface area contributed by atoms with Crippen LogP contribution in [-0.2, 0) is 6.54 Å². The summed E-state index contributed by atoms with van der Waals surface area (Å²) in [5.41, 5.74) is 6.92. The molecule has 0 saturated heterocycles. The van der Waals surface area contributed by atoms with Gasteiger partial charge in [0.1, 0.15) is 5.75 Å². The molecule has 0 aliphatic rings. The maximum absolute atomic E-state index is 12.3. The number of nitrogens with zero attached hydrogens (tertiary/aromatic N) is 1. The molecule has 0 spiro atoms. The third-order valence-electron chi connectivity index (χ3n) is 2.45. The molecule has 1 aromatic carbocycles. The van der Waals surface area contributed by atoms with Gasteiger partial charge >= 0.3 is 6.36 Å². The molecule has 3 nitrogen and oxygen atoms in total. The quantitative estimate of drug-likeness (QED) is 0.930. The van der Waals surface area contributed by atoms with Gasteiger partial charge < -0.3 is 10.5 Å². The van der Waals surface area contributed by atoms with Crippen molar-refractivity contribution in [1.82, 2.24) is 4.98 Å². The van der Waals surface area contributed by atoms with Crippen LogP contribution in [0.2, 0.25) is 0 Å². The number of benzene rings is 1. The molecule has 2 N–H and O–H groups in total. The molecule has 0 unspecified atom stereocenters. The number of pyridine rings is 1. The van der Waals surface area contributed by atoms with E-state index in [0.29, 0.717) is 12.2 Å². The highest BCUT2D eigenvalue weighted by molar-refractivity contribution is 5.67. The SMILES string of the molecule is NCc1ccc(-c2ccccc2OC(F)(F)F)nc1. The number of rotatable bonds is 3. The van der Waals surface area contributed by atoms with Crippen LogP contribution >= 0.6 is 0 Å². The molecule has 0 fully saturated rings. The lowest BCUT2D eigenvalue weighted by Crippen LogP contribution is -2.17. The van der Waals surface area contributed by atoms with Gasteiger partial charge in [0.15, 0.2) is 0 Å². The van der Waals surface area contributed by atoms with Crippen LogP contribution in [0.4, 0.5) is 13.2 Å². The summed E-state index contributed by atoms with van der Waals surface area (Å²) in [5.74, 6) is -0.275. The Morgan fingerprint density at radius 2 is 1.84 bits per heavy atom. The van der Waals surface area contributed by atoms with Crippen molar-refractivity contribution in [2.24, 2.45) is 5.73 Å². The van der Waals surface area contributed by atoms with Gasteiger partial charge in [-0.3, -0.25) is 4.98 Å². The highest BCUT2D eigenvalue weighted by atomic mass is 19.4. The van der Waals surface area contributed by atoms with Gasteiger partial charge in [-0.2, -0.15) is 0 Å². The number of para-hydroxylation sites is 1. The van der Waals surface area contributed by atoms with Crippen molar-refractivity contribution in [3.63, 3.8) is 0 Å². The average molecular weight is 268 g/mol. The van der Waals surface area contributed by atoms with Crippen molar-refractivity contribution in [2.45, 2.75) is 12.9 Å². The summed E-state index contributed by atoms with van der Waals surface area (Å²) >= 11 is 0. The van der Waals surface area contributed by atoms with Crippen molar-refractivity contribution >= 4 is 0 Å². The largest absolute Gasteiger partial charge is 0.573 e. The number of nitrogens with two attached hydrogens (primary N) is 1. The third-order valence-corrected chi connectivity index (χ3v) is 2.45. The number of alkyl halides is 3. The van der Waals surface area contributed by atoms with Crippen LogP contribution in [0, 0.1) is 0 Å². The van der Waals surface area contributed by atoms with Crippen molar-refractivity contribution in [3.05, 3.63) is 48.2 Å².